The number of nitrogens with zero attached hydrogens (tertiary/aromatic N) is 4. The van der Waals surface area contributed by atoms with E-state index in [2.05, 4.69) is 56.7 Å². The Labute approximate surface area is 226 Å². The van der Waals surface area contributed by atoms with Gasteiger partial charge in [-0.2, -0.15) is 11.8 Å². The SMILES string of the molecule is CNC(=O)c1ccc(C(SC)[C@H](C)CNc2cc(-c3cnc4c(ccn4C4COC4)c3)ncn2)c(OC)c1. The van der Waals surface area contributed by atoms with Crippen molar-refractivity contribution < 1.29 is 14.3 Å². The van der Waals surface area contributed by atoms with Crippen LogP contribution >= 0.6 is 11.8 Å². The highest BCUT2D eigenvalue weighted by molar-refractivity contribution is 7.98. The van der Waals surface area contributed by atoms with Crippen molar-refractivity contribution in [3.05, 3.63) is 66.2 Å². The van der Waals surface area contributed by atoms with Gasteiger partial charge in [0.05, 0.1) is 32.1 Å². The van der Waals surface area contributed by atoms with E-state index in [1.807, 2.05) is 24.4 Å². The number of anilines is 1. The van der Waals surface area contributed by atoms with E-state index in [1.54, 1.807) is 38.3 Å². The molecule has 9 nitrogen and oxygen atoms in total. The van der Waals surface area contributed by atoms with Crippen LogP contribution in [0.1, 0.15) is 34.1 Å². The molecule has 2 N–H and O–H groups in total. The summed E-state index contributed by atoms with van der Waals surface area (Å²) in [5.74, 6) is 1.58. The molecule has 3 aromatic heterocycles. The number of hydrogen-bond acceptors (Lipinski definition) is 8. The molecular formula is C28H32N6O3S. The average Bonchev–Trinajstić information content (AvgIpc) is 3.33. The standard InChI is InChI=1S/C28H32N6O3S/c1-17(26(38-4)22-6-5-19(28(35)29-2)10-24(22)36-3)12-30-25-11-23(32-16-33-25)20-9-18-7-8-34(21-14-37-15-21)27(18)31-13-20/h5-11,13,16-17,21,26H,12,14-15H2,1-4H3,(H,29,35)(H,30,32,33)/t17-,26?/m1/s1. The molecule has 38 heavy (non-hydrogen) atoms. The highest BCUT2D eigenvalue weighted by atomic mass is 32.2. The normalized spacial score (nSPS) is 15.1. The first-order valence-corrected chi connectivity index (χ1v) is 13.8. The largest absolute Gasteiger partial charge is 0.496 e. The van der Waals surface area contributed by atoms with Crippen LogP contribution in [0.2, 0.25) is 0 Å². The van der Waals surface area contributed by atoms with Gasteiger partial charge in [-0.05, 0) is 36.4 Å². The van der Waals surface area contributed by atoms with Crippen LogP contribution in [0.3, 0.4) is 0 Å². The van der Waals surface area contributed by atoms with Crippen molar-refractivity contribution >= 4 is 34.5 Å². The van der Waals surface area contributed by atoms with Gasteiger partial charge in [0.1, 0.15) is 23.5 Å². The molecule has 1 unspecified atom stereocenters. The van der Waals surface area contributed by atoms with Gasteiger partial charge in [-0.25, -0.2) is 15.0 Å². The molecule has 10 heteroatoms. The molecule has 5 rings (SSSR count). The van der Waals surface area contributed by atoms with Crippen molar-refractivity contribution in [2.75, 3.05) is 45.5 Å². The molecule has 4 heterocycles. The number of fused-ring (bicyclic) bond motifs is 1. The number of aromatic nitrogens is 4. The Morgan fingerprint density at radius 2 is 2.05 bits per heavy atom. The van der Waals surface area contributed by atoms with Gasteiger partial charge >= 0.3 is 0 Å². The molecule has 2 atom stereocenters. The number of ether oxygens (including phenoxy) is 2. The lowest BCUT2D eigenvalue weighted by molar-refractivity contribution is -0.0216. The van der Waals surface area contributed by atoms with Crippen LogP contribution in [0.25, 0.3) is 22.3 Å². The van der Waals surface area contributed by atoms with Gasteiger partial charge in [0.2, 0.25) is 0 Å². The quantitative estimate of drug-likeness (QED) is 0.306. The summed E-state index contributed by atoms with van der Waals surface area (Å²) in [4.78, 5) is 25.7. The van der Waals surface area contributed by atoms with Gasteiger partial charge in [-0.15, -0.1) is 0 Å². The number of hydrogen-bond donors (Lipinski definition) is 2. The van der Waals surface area contributed by atoms with Crippen LogP contribution in [0, 0.1) is 5.92 Å². The van der Waals surface area contributed by atoms with E-state index >= 15 is 0 Å². The Hall–Kier alpha value is -3.63. The zero-order chi connectivity index (χ0) is 26.6. The lowest BCUT2D eigenvalue weighted by atomic mass is 9.98. The maximum absolute atomic E-state index is 12.1. The number of pyridine rings is 1. The highest BCUT2D eigenvalue weighted by Gasteiger charge is 2.24. The van der Waals surface area contributed by atoms with Crippen LogP contribution in [-0.2, 0) is 4.74 Å². The second kappa shape index (κ2) is 11.4. The minimum absolute atomic E-state index is 0.135. The zero-order valence-corrected chi connectivity index (χ0v) is 22.8. The molecule has 4 aromatic rings. The lowest BCUT2D eigenvalue weighted by Gasteiger charge is -2.27. The summed E-state index contributed by atoms with van der Waals surface area (Å²) in [5.41, 5.74) is 4.36. The topological polar surface area (TPSA) is 103 Å². The van der Waals surface area contributed by atoms with E-state index in [-0.39, 0.29) is 17.1 Å². The van der Waals surface area contributed by atoms with E-state index in [9.17, 15) is 4.79 Å². The predicted octanol–water partition coefficient (Wildman–Crippen LogP) is 4.59. The van der Waals surface area contributed by atoms with Crippen molar-refractivity contribution in [3.8, 4) is 17.0 Å². The first-order valence-electron chi connectivity index (χ1n) is 12.6. The van der Waals surface area contributed by atoms with Crippen molar-refractivity contribution in [2.45, 2.75) is 18.2 Å². The first-order chi connectivity index (χ1) is 18.5. The lowest BCUT2D eigenvalue weighted by Crippen LogP contribution is -2.30. The number of rotatable bonds is 10. The smallest absolute Gasteiger partial charge is 0.251 e. The van der Waals surface area contributed by atoms with Crippen molar-refractivity contribution in [3.63, 3.8) is 0 Å². The number of nitrogens with one attached hydrogen (secondary N) is 2. The summed E-state index contributed by atoms with van der Waals surface area (Å²) in [5, 5.41) is 7.38. The third-order valence-corrected chi connectivity index (χ3v) is 8.16. The molecule has 198 valence electrons. The monoisotopic (exact) mass is 532 g/mol. The fourth-order valence-corrected chi connectivity index (χ4v) is 5.75. The van der Waals surface area contributed by atoms with Crippen LogP contribution in [0.4, 0.5) is 5.82 Å². The minimum Gasteiger partial charge on any atom is -0.496 e. The van der Waals surface area contributed by atoms with Crippen molar-refractivity contribution in [2.24, 2.45) is 5.92 Å². The molecule has 1 amide bonds. The van der Waals surface area contributed by atoms with Gasteiger partial charge in [-0.1, -0.05) is 13.0 Å². The highest BCUT2D eigenvalue weighted by Crippen LogP contribution is 2.40. The molecule has 0 radical (unpaired) electrons. The first kappa shape index (κ1) is 26.0. The summed E-state index contributed by atoms with van der Waals surface area (Å²) < 4.78 is 13.2. The third-order valence-electron chi connectivity index (χ3n) is 6.94. The number of amides is 1. The van der Waals surface area contributed by atoms with Gasteiger partial charge in [0.25, 0.3) is 5.91 Å². The molecule has 0 spiro atoms. The summed E-state index contributed by atoms with van der Waals surface area (Å²) >= 11 is 1.76. The van der Waals surface area contributed by atoms with Crippen molar-refractivity contribution in [1.82, 2.24) is 24.8 Å². The molecular weight excluding hydrogens is 500 g/mol. The van der Waals surface area contributed by atoms with E-state index < -0.39 is 0 Å². The maximum atomic E-state index is 12.1. The summed E-state index contributed by atoms with van der Waals surface area (Å²) in [6.45, 7) is 4.36. The second-order valence-electron chi connectivity index (χ2n) is 9.39. The Morgan fingerprint density at radius 1 is 1.21 bits per heavy atom. The fraction of sp³-hybridized carbons (Fsp3) is 0.357. The third kappa shape index (κ3) is 5.19. The molecule has 1 aromatic carbocycles. The van der Waals surface area contributed by atoms with Crippen LogP contribution in [0.5, 0.6) is 5.75 Å². The van der Waals surface area contributed by atoms with E-state index in [0.29, 0.717) is 23.9 Å². The fourth-order valence-electron chi connectivity index (χ4n) is 4.74. The average molecular weight is 533 g/mol. The Balaban J connectivity index is 1.29. The maximum Gasteiger partial charge on any atom is 0.251 e. The Bertz CT molecular complexity index is 1440. The molecule has 1 fully saturated rings. The van der Waals surface area contributed by atoms with Crippen LogP contribution in [0.15, 0.2) is 55.1 Å². The van der Waals surface area contributed by atoms with Gasteiger partial charge in [0.15, 0.2) is 0 Å². The second-order valence-corrected chi connectivity index (χ2v) is 10.4. The van der Waals surface area contributed by atoms with Crippen LogP contribution in [-0.4, -0.2) is 65.6 Å². The van der Waals surface area contributed by atoms with Crippen molar-refractivity contribution in [1.29, 1.82) is 0 Å². The molecule has 0 aliphatic carbocycles. The molecule has 0 bridgehead atoms. The number of thioether (sulfide) groups is 1. The summed E-state index contributed by atoms with van der Waals surface area (Å²) in [6, 6.07) is 12.2. The predicted molar refractivity (Wildman–Crippen MR) is 151 cm³/mol. The molecule has 0 saturated carbocycles. The number of benzene rings is 1. The van der Waals surface area contributed by atoms with E-state index in [1.165, 1.54) is 0 Å². The zero-order valence-electron chi connectivity index (χ0n) is 22.0. The van der Waals surface area contributed by atoms with E-state index in [4.69, 9.17) is 14.5 Å². The number of methoxy groups -OCH3 is 1. The molecule has 1 aliphatic heterocycles. The van der Waals surface area contributed by atoms with Gasteiger partial charge in [0, 0.05) is 59.4 Å². The number of carbonyl (C=O) groups excluding carboxylic acids is 1. The molecule has 1 aliphatic rings. The Kier molecular flexibility index (Phi) is 7.80. The minimum atomic E-state index is -0.135. The van der Waals surface area contributed by atoms with Gasteiger partial charge < -0.3 is 24.7 Å². The molecule has 1 saturated heterocycles. The van der Waals surface area contributed by atoms with Crippen LogP contribution < -0.4 is 15.4 Å². The number of carbonyl (C=O) groups is 1. The Morgan fingerprint density at radius 3 is 2.76 bits per heavy atom. The summed E-state index contributed by atoms with van der Waals surface area (Å²) in [7, 11) is 3.26. The van der Waals surface area contributed by atoms with E-state index in [0.717, 1.165) is 46.9 Å². The van der Waals surface area contributed by atoms with Gasteiger partial charge in [-0.3, -0.25) is 4.79 Å². The summed E-state index contributed by atoms with van der Waals surface area (Å²) in [6.07, 6.45) is 7.61.